The minimum absolute atomic E-state index is 0.0810. The van der Waals surface area contributed by atoms with E-state index in [1.165, 1.54) is 0 Å². The number of aromatic nitrogens is 7. The van der Waals surface area contributed by atoms with Gasteiger partial charge in [-0.25, -0.2) is 0 Å². The third kappa shape index (κ3) is 2.64. The molecule has 2 aliphatic rings. The molecule has 0 N–H and O–H groups in total. The van der Waals surface area contributed by atoms with Crippen molar-refractivity contribution in [3.05, 3.63) is 42.0 Å². The second kappa shape index (κ2) is 6.49. The lowest BCUT2D eigenvalue weighted by molar-refractivity contribution is 0.101. The van der Waals surface area contributed by atoms with Crippen molar-refractivity contribution in [2.24, 2.45) is 0 Å². The van der Waals surface area contributed by atoms with Crippen LogP contribution >= 0.6 is 0 Å². The monoisotopic (exact) mass is 352 g/mol. The molecule has 1 fully saturated rings. The highest BCUT2D eigenvalue weighted by Crippen LogP contribution is 2.28. The van der Waals surface area contributed by atoms with Crippen molar-refractivity contribution in [3.8, 4) is 5.69 Å². The van der Waals surface area contributed by atoms with Crippen LogP contribution in [0.2, 0.25) is 0 Å². The van der Waals surface area contributed by atoms with Gasteiger partial charge in [0.25, 0.3) is 0 Å². The van der Waals surface area contributed by atoms with E-state index in [2.05, 4.69) is 35.2 Å². The Bertz CT molecular complexity index is 883. The molecular formula is C17H20N8O. The van der Waals surface area contributed by atoms with E-state index in [0.29, 0.717) is 0 Å². The fourth-order valence-electron chi connectivity index (χ4n) is 3.68. The number of nitrogens with zero attached hydrogens (tertiary/aromatic N) is 8. The molecule has 0 aliphatic carbocycles. The summed E-state index contributed by atoms with van der Waals surface area (Å²) >= 11 is 0. The van der Waals surface area contributed by atoms with Crippen LogP contribution in [0.5, 0.6) is 0 Å². The Balaban J connectivity index is 1.40. The van der Waals surface area contributed by atoms with E-state index in [-0.39, 0.29) is 6.10 Å². The summed E-state index contributed by atoms with van der Waals surface area (Å²) in [5, 5.41) is 21.1. The van der Waals surface area contributed by atoms with Crippen molar-refractivity contribution in [1.82, 2.24) is 35.0 Å². The average molecular weight is 352 g/mol. The molecule has 1 aromatic carbocycles. The second-order valence-corrected chi connectivity index (χ2v) is 6.59. The Hall–Kier alpha value is -2.81. The SMILES string of the molecule is c1ccc(-n2nnnc2N2CCc3nnc(C4CCCO4)n3CC2)cc1. The first kappa shape index (κ1) is 15.4. The molecule has 2 aliphatic heterocycles. The summed E-state index contributed by atoms with van der Waals surface area (Å²) in [6.07, 6.45) is 3.00. The number of anilines is 1. The molecule has 0 radical (unpaired) electrons. The summed E-state index contributed by atoms with van der Waals surface area (Å²) in [6, 6.07) is 9.96. The van der Waals surface area contributed by atoms with Crippen LogP contribution < -0.4 is 4.90 Å². The molecule has 134 valence electrons. The third-order valence-corrected chi connectivity index (χ3v) is 5.01. The molecule has 3 aromatic rings. The highest BCUT2D eigenvalue weighted by Gasteiger charge is 2.28. The van der Waals surface area contributed by atoms with Crippen LogP contribution in [0.1, 0.15) is 30.6 Å². The van der Waals surface area contributed by atoms with Gasteiger partial charge in [-0.05, 0) is 35.4 Å². The molecule has 1 saturated heterocycles. The van der Waals surface area contributed by atoms with Crippen molar-refractivity contribution in [2.75, 3.05) is 24.6 Å². The number of benzene rings is 1. The van der Waals surface area contributed by atoms with Gasteiger partial charge in [-0.1, -0.05) is 23.3 Å². The molecular weight excluding hydrogens is 332 g/mol. The maximum absolute atomic E-state index is 5.81. The van der Waals surface area contributed by atoms with E-state index in [9.17, 15) is 0 Å². The average Bonchev–Trinajstić information content (AvgIpc) is 3.41. The van der Waals surface area contributed by atoms with E-state index >= 15 is 0 Å². The summed E-state index contributed by atoms with van der Waals surface area (Å²) < 4.78 is 9.81. The van der Waals surface area contributed by atoms with Crippen LogP contribution in [-0.2, 0) is 17.7 Å². The molecule has 26 heavy (non-hydrogen) atoms. The molecule has 1 unspecified atom stereocenters. The topological polar surface area (TPSA) is 86.8 Å². The zero-order valence-corrected chi connectivity index (χ0v) is 14.4. The Morgan fingerprint density at radius 1 is 1.00 bits per heavy atom. The Morgan fingerprint density at radius 3 is 2.77 bits per heavy atom. The van der Waals surface area contributed by atoms with Crippen molar-refractivity contribution >= 4 is 5.95 Å². The number of ether oxygens (including phenoxy) is 1. The van der Waals surface area contributed by atoms with E-state index in [1.54, 1.807) is 4.68 Å². The summed E-state index contributed by atoms with van der Waals surface area (Å²) in [7, 11) is 0. The zero-order chi connectivity index (χ0) is 17.3. The Morgan fingerprint density at radius 2 is 1.92 bits per heavy atom. The zero-order valence-electron chi connectivity index (χ0n) is 14.4. The van der Waals surface area contributed by atoms with E-state index in [4.69, 9.17) is 4.74 Å². The first-order valence-corrected chi connectivity index (χ1v) is 9.02. The number of fused-ring (bicyclic) bond motifs is 1. The summed E-state index contributed by atoms with van der Waals surface area (Å²) in [6.45, 7) is 3.22. The molecule has 4 heterocycles. The Labute approximate surface area is 150 Å². The predicted octanol–water partition coefficient (Wildman–Crippen LogP) is 1.17. The van der Waals surface area contributed by atoms with Gasteiger partial charge in [-0.3, -0.25) is 0 Å². The van der Waals surface area contributed by atoms with Gasteiger partial charge >= 0.3 is 0 Å². The van der Waals surface area contributed by atoms with Crippen molar-refractivity contribution in [3.63, 3.8) is 0 Å². The van der Waals surface area contributed by atoms with Gasteiger partial charge in [0.15, 0.2) is 5.82 Å². The number of tetrazole rings is 1. The molecule has 9 nitrogen and oxygen atoms in total. The lowest BCUT2D eigenvalue weighted by Gasteiger charge is -2.20. The van der Waals surface area contributed by atoms with Crippen LogP contribution in [-0.4, -0.2) is 54.7 Å². The third-order valence-electron chi connectivity index (χ3n) is 5.01. The number of hydrogen-bond donors (Lipinski definition) is 0. The van der Waals surface area contributed by atoms with Crippen LogP contribution in [0.3, 0.4) is 0 Å². The predicted molar refractivity (Wildman–Crippen MR) is 93.0 cm³/mol. The van der Waals surface area contributed by atoms with E-state index in [1.807, 2.05) is 30.3 Å². The quantitative estimate of drug-likeness (QED) is 0.699. The van der Waals surface area contributed by atoms with E-state index in [0.717, 1.165) is 68.8 Å². The minimum atomic E-state index is 0.0810. The lowest BCUT2D eigenvalue weighted by atomic mass is 10.2. The normalized spacial score (nSPS) is 20.2. The minimum Gasteiger partial charge on any atom is -0.370 e. The molecule has 9 heteroatoms. The van der Waals surface area contributed by atoms with Crippen molar-refractivity contribution < 1.29 is 4.74 Å². The fraction of sp³-hybridized carbons (Fsp3) is 0.471. The standard InChI is InChI=1S/C17H20N8O/c1-2-5-13(6-3-1)25-17(20-21-22-25)23-9-8-15-18-19-16(24(15)11-10-23)14-7-4-12-26-14/h1-3,5-6,14H,4,7-12H2. The highest BCUT2D eigenvalue weighted by atomic mass is 16.5. The molecule has 0 bridgehead atoms. The van der Waals surface area contributed by atoms with E-state index < -0.39 is 0 Å². The number of rotatable bonds is 3. The summed E-state index contributed by atoms with van der Waals surface area (Å²) in [4.78, 5) is 2.21. The van der Waals surface area contributed by atoms with Gasteiger partial charge in [0.05, 0.1) is 5.69 Å². The van der Waals surface area contributed by atoms with Crippen molar-refractivity contribution in [2.45, 2.75) is 31.9 Å². The summed E-state index contributed by atoms with van der Waals surface area (Å²) in [5.41, 5.74) is 0.955. The largest absolute Gasteiger partial charge is 0.370 e. The molecule has 0 amide bonds. The molecule has 1 atom stereocenters. The lowest BCUT2D eigenvalue weighted by Crippen LogP contribution is -2.29. The summed E-state index contributed by atoms with van der Waals surface area (Å²) in [5.74, 6) is 2.73. The molecule has 0 saturated carbocycles. The maximum atomic E-state index is 5.81. The maximum Gasteiger partial charge on any atom is 0.250 e. The first-order chi connectivity index (χ1) is 12.9. The fourth-order valence-corrected chi connectivity index (χ4v) is 3.68. The van der Waals surface area contributed by atoms with Crippen LogP contribution in [0.25, 0.3) is 5.69 Å². The molecule has 0 spiro atoms. The van der Waals surface area contributed by atoms with Gasteiger partial charge in [0, 0.05) is 32.7 Å². The van der Waals surface area contributed by atoms with Crippen LogP contribution in [0.15, 0.2) is 30.3 Å². The van der Waals surface area contributed by atoms with Gasteiger partial charge in [0.2, 0.25) is 5.95 Å². The van der Waals surface area contributed by atoms with Gasteiger partial charge in [-0.15, -0.1) is 10.2 Å². The highest BCUT2D eigenvalue weighted by molar-refractivity contribution is 5.40. The Kier molecular flexibility index (Phi) is 3.85. The van der Waals surface area contributed by atoms with Crippen molar-refractivity contribution in [1.29, 1.82) is 0 Å². The first-order valence-electron chi connectivity index (χ1n) is 9.02. The number of para-hydroxylation sites is 1. The smallest absolute Gasteiger partial charge is 0.250 e. The van der Waals surface area contributed by atoms with Crippen LogP contribution in [0.4, 0.5) is 5.95 Å². The second-order valence-electron chi connectivity index (χ2n) is 6.59. The van der Waals surface area contributed by atoms with Gasteiger partial charge < -0.3 is 14.2 Å². The van der Waals surface area contributed by atoms with Gasteiger partial charge in [0.1, 0.15) is 11.9 Å². The van der Waals surface area contributed by atoms with Crippen LogP contribution in [0, 0.1) is 0 Å². The molecule has 2 aromatic heterocycles. The van der Waals surface area contributed by atoms with Gasteiger partial charge in [-0.2, -0.15) is 4.68 Å². The number of hydrogen-bond acceptors (Lipinski definition) is 7. The molecule has 5 rings (SSSR count).